The standard InChI is InChI=1S/C20H13BrF3N5O2/c1-31-15-9-12(8-14(10-15)29(25)30)17-18(11-2-4-13(21)5-3-11)27-16-6-7-26-28(16)19(17)20(22,23)24/h2-6,8-10H,1H3,(H2,25,30)/q+1. The molecule has 157 valence electrons. The fraction of sp³-hybridized carbons (Fsp3) is 0.100. The zero-order chi connectivity index (χ0) is 22.3. The number of fused-ring (bicyclic) bond motifs is 1. The Morgan fingerprint density at radius 2 is 1.87 bits per heavy atom. The minimum Gasteiger partial charge on any atom is -0.496 e. The van der Waals surface area contributed by atoms with E-state index in [2.05, 4.69) is 32.2 Å². The molecule has 31 heavy (non-hydrogen) atoms. The van der Waals surface area contributed by atoms with E-state index in [1.165, 1.54) is 31.4 Å². The van der Waals surface area contributed by atoms with Gasteiger partial charge in [0.25, 0.3) is 5.69 Å². The highest BCUT2D eigenvalue weighted by atomic mass is 79.9. The second-order valence-electron chi connectivity index (χ2n) is 6.48. The van der Waals surface area contributed by atoms with Crippen LogP contribution in [0.5, 0.6) is 5.75 Å². The lowest BCUT2D eigenvalue weighted by Gasteiger charge is -2.18. The first-order valence-corrected chi connectivity index (χ1v) is 9.52. The maximum absolute atomic E-state index is 14.3. The summed E-state index contributed by atoms with van der Waals surface area (Å²) < 4.78 is 49.5. The molecule has 0 bridgehead atoms. The first kappa shape index (κ1) is 20.8. The third kappa shape index (κ3) is 3.83. The van der Waals surface area contributed by atoms with Gasteiger partial charge in [-0.05, 0) is 23.8 Å². The van der Waals surface area contributed by atoms with E-state index >= 15 is 0 Å². The number of hydrazine groups is 1. The SMILES string of the molecule is COc1cc(-c2c(-c3ccc(Br)cc3)nc3c[c]nn3c2C(F)(F)F)cc([N+](N)=O)c1. The van der Waals surface area contributed by atoms with Crippen molar-refractivity contribution in [2.24, 2.45) is 5.84 Å². The Morgan fingerprint density at radius 3 is 2.48 bits per heavy atom. The Kier molecular flexibility index (Phi) is 5.13. The maximum atomic E-state index is 14.3. The van der Waals surface area contributed by atoms with Gasteiger partial charge in [0.2, 0.25) is 0 Å². The molecule has 0 saturated carbocycles. The highest BCUT2D eigenvalue weighted by Crippen LogP contribution is 2.43. The molecule has 2 heterocycles. The van der Waals surface area contributed by atoms with Crippen molar-refractivity contribution in [3.8, 4) is 28.1 Å². The predicted octanol–water partition coefficient (Wildman–Crippen LogP) is 4.94. The van der Waals surface area contributed by atoms with Crippen LogP contribution < -0.4 is 10.6 Å². The first-order valence-electron chi connectivity index (χ1n) is 8.73. The van der Waals surface area contributed by atoms with Gasteiger partial charge in [-0.3, -0.25) is 0 Å². The second kappa shape index (κ2) is 7.65. The van der Waals surface area contributed by atoms with E-state index < -0.39 is 11.9 Å². The highest BCUT2D eigenvalue weighted by molar-refractivity contribution is 9.10. The van der Waals surface area contributed by atoms with E-state index in [1.54, 1.807) is 24.3 Å². The average Bonchev–Trinajstić information content (AvgIpc) is 3.19. The minimum absolute atomic E-state index is 0.0265. The number of hydrogen-bond acceptors (Lipinski definition) is 4. The van der Waals surface area contributed by atoms with Crippen molar-refractivity contribution in [1.29, 1.82) is 0 Å². The smallest absolute Gasteiger partial charge is 0.434 e. The fourth-order valence-electron chi connectivity index (χ4n) is 3.21. The largest absolute Gasteiger partial charge is 0.496 e. The van der Waals surface area contributed by atoms with Gasteiger partial charge in [0, 0.05) is 27.7 Å². The molecular weight excluding hydrogens is 479 g/mol. The fourth-order valence-corrected chi connectivity index (χ4v) is 3.48. The number of halogens is 4. The van der Waals surface area contributed by atoms with Crippen LogP contribution in [0.15, 0.2) is 53.0 Å². The van der Waals surface area contributed by atoms with Crippen LogP contribution in [0.1, 0.15) is 5.69 Å². The zero-order valence-corrected chi connectivity index (χ0v) is 17.4. The third-order valence-corrected chi connectivity index (χ3v) is 5.07. The summed E-state index contributed by atoms with van der Waals surface area (Å²) in [7, 11) is 1.33. The molecule has 0 unspecified atom stereocenters. The number of nitrogens with zero attached hydrogens (tertiary/aromatic N) is 4. The summed E-state index contributed by atoms with van der Waals surface area (Å²) in [6.07, 6.45) is -2.39. The molecule has 1 radical (unpaired) electrons. The number of benzene rings is 2. The summed E-state index contributed by atoms with van der Waals surface area (Å²) in [6, 6.07) is 11.8. The third-order valence-electron chi connectivity index (χ3n) is 4.54. The van der Waals surface area contributed by atoms with E-state index in [0.717, 1.165) is 4.47 Å². The molecule has 7 nitrogen and oxygen atoms in total. The minimum atomic E-state index is -4.80. The van der Waals surface area contributed by atoms with Crippen molar-refractivity contribution in [2.45, 2.75) is 6.18 Å². The number of alkyl halides is 3. The number of nitrogens with two attached hydrogens (primary N) is 1. The molecule has 0 atom stereocenters. The summed E-state index contributed by atoms with van der Waals surface area (Å²) in [5, 5.41) is 3.69. The number of methoxy groups -OCH3 is 1. The number of ether oxygens (including phenoxy) is 1. The Labute approximate surface area is 181 Å². The van der Waals surface area contributed by atoms with Gasteiger partial charge < -0.3 is 4.74 Å². The molecule has 0 aliphatic heterocycles. The topological polar surface area (TPSA) is 85.5 Å². The van der Waals surface area contributed by atoms with Gasteiger partial charge in [0.15, 0.2) is 16.2 Å². The van der Waals surface area contributed by atoms with Gasteiger partial charge in [-0.25, -0.2) is 9.50 Å². The quantitative estimate of drug-likeness (QED) is 0.248. The van der Waals surface area contributed by atoms with Crippen LogP contribution in [0.3, 0.4) is 0 Å². The average molecular weight is 492 g/mol. The second-order valence-corrected chi connectivity index (χ2v) is 7.39. The van der Waals surface area contributed by atoms with E-state index in [9.17, 15) is 18.1 Å². The Morgan fingerprint density at radius 1 is 1.16 bits per heavy atom. The highest BCUT2D eigenvalue weighted by Gasteiger charge is 2.40. The van der Waals surface area contributed by atoms with Gasteiger partial charge in [-0.1, -0.05) is 28.1 Å². The molecule has 0 amide bonds. The van der Waals surface area contributed by atoms with Crippen molar-refractivity contribution >= 4 is 27.3 Å². The van der Waals surface area contributed by atoms with Crippen LogP contribution in [0.25, 0.3) is 28.0 Å². The summed E-state index contributed by atoms with van der Waals surface area (Å²) in [5.41, 5.74) is -0.932. The Balaban J connectivity index is 2.17. The van der Waals surface area contributed by atoms with Crippen LogP contribution in [-0.2, 0) is 6.18 Å². The molecule has 0 saturated heterocycles. The van der Waals surface area contributed by atoms with Gasteiger partial charge >= 0.3 is 6.18 Å². The van der Waals surface area contributed by atoms with Crippen LogP contribution in [-0.4, -0.2) is 26.6 Å². The Bertz CT molecular complexity index is 1300. The monoisotopic (exact) mass is 491 g/mol. The zero-order valence-electron chi connectivity index (χ0n) is 15.8. The summed E-state index contributed by atoms with van der Waals surface area (Å²) in [4.78, 5) is 16.2. The van der Waals surface area contributed by atoms with Crippen molar-refractivity contribution in [1.82, 2.24) is 14.6 Å². The molecule has 0 spiro atoms. The van der Waals surface area contributed by atoms with Crippen molar-refractivity contribution in [3.05, 3.63) is 69.8 Å². The molecule has 2 aromatic carbocycles. The number of rotatable bonds is 4. The molecule has 4 aromatic rings. The van der Waals surface area contributed by atoms with Gasteiger partial charge in [0.1, 0.15) is 11.9 Å². The van der Waals surface area contributed by atoms with Crippen LogP contribution in [0.4, 0.5) is 18.9 Å². The number of aromatic nitrogens is 3. The summed E-state index contributed by atoms with van der Waals surface area (Å²) >= 11 is 3.32. The molecule has 4 rings (SSSR count). The molecule has 0 aliphatic carbocycles. The van der Waals surface area contributed by atoms with Crippen LogP contribution in [0, 0.1) is 11.1 Å². The lowest BCUT2D eigenvalue weighted by molar-refractivity contribution is -0.474. The molecule has 2 N–H and O–H groups in total. The van der Waals surface area contributed by atoms with Gasteiger partial charge in [0.05, 0.1) is 23.8 Å². The normalized spacial score (nSPS) is 11.6. The van der Waals surface area contributed by atoms with Crippen molar-refractivity contribution < 1.29 is 22.8 Å². The van der Waals surface area contributed by atoms with Gasteiger partial charge in [-0.15, -0.1) is 0 Å². The van der Waals surface area contributed by atoms with Crippen molar-refractivity contribution in [3.63, 3.8) is 0 Å². The lowest BCUT2D eigenvalue weighted by Crippen LogP contribution is -2.17. The molecule has 0 fully saturated rings. The van der Waals surface area contributed by atoms with Crippen LogP contribution in [0.2, 0.25) is 0 Å². The maximum Gasteiger partial charge on any atom is 0.434 e. The lowest BCUT2D eigenvalue weighted by atomic mass is 9.96. The van der Waals surface area contributed by atoms with Crippen molar-refractivity contribution in [2.75, 3.05) is 7.11 Å². The molecule has 2 aromatic heterocycles. The predicted molar refractivity (Wildman–Crippen MR) is 109 cm³/mol. The summed E-state index contributed by atoms with van der Waals surface area (Å²) in [5.74, 6) is 5.46. The number of hydrogen-bond donors (Lipinski definition) is 1. The number of nitroso groups, excluding NO2 is 1. The Hall–Kier alpha value is -3.47. The van der Waals surface area contributed by atoms with Crippen LogP contribution >= 0.6 is 15.9 Å². The molecule has 0 aliphatic rings. The van der Waals surface area contributed by atoms with E-state index in [0.29, 0.717) is 10.1 Å². The van der Waals surface area contributed by atoms with E-state index in [-0.39, 0.29) is 38.8 Å². The van der Waals surface area contributed by atoms with E-state index in [1.807, 2.05) is 0 Å². The summed E-state index contributed by atoms with van der Waals surface area (Å²) in [6.45, 7) is 0. The molecule has 11 heteroatoms. The van der Waals surface area contributed by atoms with Gasteiger partial charge in [-0.2, -0.15) is 24.1 Å². The molecular formula is C20H13BrF3N5O2+. The first-order chi connectivity index (χ1) is 14.7. The van der Waals surface area contributed by atoms with E-state index in [4.69, 9.17) is 10.6 Å².